The Morgan fingerprint density at radius 3 is 2.52 bits per heavy atom. The van der Waals surface area contributed by atoms with Crippen LogP contribution in [0.4, 0.5) is 5.69 Å². The number of rotatable bonds is 6. The molecule has 1 saturated carbocycles. The van der Waals surface area contributed by atoms with Crippen LogP contribution < -0.4 is 9.62 Å². The Bertz CT molecular complexity index is 905. The maximum atomic E-state index is 12.4. The number of likely N-dealkylation sites (tertiary alicyclic amines) is 1. The molecule has 2 N–H and O–H groups in total. The van der Waals surface area contributed by atoms with Crippen molar-refractivity contribution in [2.45, 2.75) is 70.1 Å². The summed E-state index contributed by atoms with van der Waals surface area (Å²) in [5.41, 5.74) is 2.53. The van der Waals surface area contributed by atoms with Gasteiger partial charge in [-0.25, -0.2) is 8.42 Å². The van der Waals surface area contributed by atoms with E-state index in [1.165, 1.54) is 23.4 Å². The highest BCUT2D eigenvalue weighted by Gasteiger charge is 2.33. The molecule has 8 heteroatoms. The first kappa shape index (κ1) is 22.6. The first-order chi connectivity index (χ1) is 14.7. The van der Waals surface area contributed by atoms with Crippen molar-refractivity contribution < 1.29 is 18.3 Å². The van der Waals surface area contributed by atoms with Gasteiger partial charge in [-0.1, -0.05) is 25.0 Å². The number of amides is 1. The van der Waals surface area contributed by atoms with Crippen molar-refractivity contribution in [3.63, 3.8) is 0 Å². The summed E-state index contributed by atoms with van der Waals surface area (Å²) < 4.78 is 25.7. The van der Waals surface area contributed by atoms with Gasteiger partial charge in [0, 0.05) is 37.6 Å². The third kappa shape index (κ3) is 5.07. The molecule has 0 radical (unpaired) electrons. The van der Waals surface area contributed by atoms with Gasteiger partial charge in [-0.05, 0) is 56.2 Å². The summed E-state index contributed by atoms with van der Waals surface area (Å²) in [7, 11) is -3.31. The Hall–Kier alpha value is -1.64. The van der Waals surface area contributed by atoms with Gasteiger partial charge < -0.3 is 15.3 Å². The molecule has 2 fully saturated rings. The number of β-amino-alcohol motifs (C(OH)–C–C–N with tert-alkyl or cyclic N) is 1. The zero-order valence-electron chi connectivity index (χ0n) is 18.6. The second kappa shape index (κ2) is 9.08. The molecule has 172 valence electrons. The zero-order chi connectivity index (χ0) is 22.2. The molecule has 7 nitrogen and oxygen atoms in total. The fraction of sp³-hybridized carbons (Fsp3) is 0.696. The number of nitrogens with zero attached hydrogens (tertiary/aromatic N) is 2. The number of carbonyl (C=O) groups is 1. The molecule has 0 aromatic heterocycles. The fourth-order valence-electron chi connectivity index (χ4n) is 5.45. The van der Waals surface area contributed by atoms with Gasteiger partial charge in [-0.3, -0.25) is 9.10 Å². The lowest BCUT2D eigenvalue weighted by molar-refractivity contribution is -0.125. The molecule has 3 aliphatic rings. The molecule has 2 atom stereocenters. The normalized spacial score (nSPS) is 24.4. The quantitative estimate of drug-likeness (QED) is 0.695. The second-order valence-corrected chi connectivity index (χ2v) is 11.4. The number of piperidine rings is 1. The number of fused-ring (bicyclic) bond motifs is 1. The molecule has 31 heavy (non-hydrogen) atoms. The number of carbonyl (C=O) groups excluding carboxylic acids is 1. The average Bonchev–Trinajstić information content (AvgIpc) is 3.35. The van der Waals surface area contributed by atoms with Gasteiger partial charge in [0.05, 0.1) is 18.0 Å². The monoisotopic (exact) mass is 449 g/mol. The van der Waals surface area contributed by atoms with E-state index in [-0.39, 0.29) is 23.9 Å². The first-order valence-electron chi connectivity index (χ1n) is 11.6. The van der Waals surface area contributed by atoms with Crippen LogP contribution in [-0.2, 0) is 21.2 Å². The van der Waals surface area contributed by atoms with Crippen molar-refractivity contribution in [1.82, 2.24) is 10.2 Å². The Morgan fingerprint density at radius 2 is 1.87 bits per heavy atom. The molecule has 1 aliphatic carbocycles. The van der Waals surface area contributed by atoms with Crippen LogP contribution >= 0.6 is 0 Å². The second-order valence-electron chi connectivity index (χ2n) is 9.58. The molecular formula is C23H35N3O4S. The Balaban J connectivity index is 1.30. The Labute approximate surface area is 185 Å². The minimum atomic E-state index is -3.31. The van der Waals surface area contributed by atoms with Gasteiger partial charge in [0.25, 0.3) is 0 Å². The largest absolute Gasteiger partial charge is 0.387 e. The van der Waals surface area contributed by atoms with E-state index in [2.05, 4.69) is 10.2 Å². The number of hydrogen-bond donors (Lipinski definition) is 2. The number of hydrogen-bond acceptors (Lipinski definition) is 5. The Kier molecular flexibility index (Phi) is 6.60. The molecule has 0 spiro atoms. The molecule has 0 bridgehead atoms. The van der Waals surface area contributed by atoms with Crippen LogP contribution in [0.15, 0.2) is 18.2 Å². The van der Waals surface area contributed by atoms with E-state index in [0.29, 0.717) is 13.0 Å². The summed E-state index contributed by atoms with van der Waals surface area (Å²) in [5, 5.41) is 14.0. The first-order valence-corrected chi connectivity index (χ1v) is 13.4. The van der Waals surface area contributed by atoms with Gasteiger partial charge in [0.15, 0.2) is 0 Å². The molecular weight excluding hydrogens is 414 g/mol. The van der Waals surface area contributed by atoms with Crippen molar-refractivity contribution in [3.05, 3.63) is 29.3 Å². The smallest absolute Gasteiger partial charge is 0.232 e. The van der Waals surface area contributed by atoms with Gasteiger partial charge in [-0.2, -0.15) is 0 Å². The predicted octanol–water partition coefficient (Wildman–Crippen LogP) is 2.20. The molecule has 1 saturated heterocycles. The average molecular weight is 450 g/mol. The van der Waals surface area contributed by atoms with Gasteiger partial charge in [0.2, 0.25) is 15.9 Å². The number of benzene rings is 1. The lowest BCUT2D eigenvalue weighted by Gasteiger charge is -2.34. The van der Waals surface area contributed by atoms with E-state index in [1.807, 2.05) is 25.1 Å². The topological polar surface area (TPSA) is 89.9 Å². The van der Waals surface area contributed by atoms with Crippen molar-refractivity contribution in [3.8, 4) is 0 Å². The highest BCUT2D eigenvalue weighted by Crippen LogP contribution is 2.36. The summed E-state index contributed by atoms with van der Waals surface area (Å²) in [6.07, 6.45) is 7.50. The molecule has 2 unspecified atom stereocenters. The zero-order valence-corrected chi connectivity index (χ0v) is 19.4. The minimum absolute atomic E-state index is 0.101. The minimum Gasteiger partial charge on any atom is -0.387 e. The van der Waals surface area contributed by atoms with Crippen LogP contribution in [0, 0.1) is 5.92 Å². The van der Waals surface area contributed by atoms with E-state index in [1.54, 1.807) is 0 Å². The van der Waals surface area contributed by atoms with Crippen molar-refractivity contribution >= 4 is 21.6 Å². The van der Waals surface area contributed by atoms with Gasteiger partial charge in [-0.15, -0.1) is 0 Å². The van der Waals surface area contributed by atoms with Gasteiger partial charge in [0.1, 0.15) is 0 Å². The van der Waals surface area contributed by atoms with E-state index < -0.39 is 16.1 Å². The van der Waals surface area contributed by atoms with Crippen LogP contribution in [0.5, 0.6) is 0 Å². The predicted molar refractivity (Wildman–Crippen MR) is 121 cm³/mol. The molecule has 2 aliphatic heterocycles. The van der Waals surface area contributed by atoms with Crippen LogP contribution in [0.1, 0.15) is 62.7 Å². The molecule has 1 aromatic carbocycles. The van der Waals surface area contributed by atoms with Crippen molar-refractivity contribution in [2.75, 3.05) is 30.2 Å². The SMILES string of the molecule is CC1Cc2cc(C(O)CN3CCC(NC(=O)C4CCCC4)CC3)ccc2N1S(C)(=O)=O. The van der Waals surface area contributed by atoms with Crippen LogP contribution in [0.3, 0.4) is 0 Å². The third-order valence-corrected chi connectivity index (χ3v) is 8.36. The number of aliphatic hydroxyl groups is 1. The molecule has 4 rings (SSSR count). The van der Waals surface area contributed by atoms with Crippen molar-refractivity contribution in [2.24, 2.45) is 5.92 Å². The molecule has 2 heterocycles. The standard InChI is InChI=1S/C23H35N3O4S/c1-16-13-19-14-18(7-8-21(19)26(16)31(2,29)30)22(27)15-25-11-9-20(10-12-25)24-23(28)17-5-3-4-6-17/h7-8,14,16-17,20,22,27H,3-6,9-13,15H2,1-2H3,(H,24,28). The highest BCUT2D eigenvalue weighted by atomic mass is 32.2. The molecule has 1 amide bonds. The highest BCUT2D eigenvalue weighted by molar-refractivity contribution is 7.92. The number of aliphatic hydroxyl groups excluding tert-OH is 1. The number of nitrogens with one attached hydrogen (secondary N) is 1. The number of anilines is 1. The van der Waals surface area contributed by atoms with E-state index in [0.717, 1.165) is 55.6 Å². The van der Waals surface area contributed by atoms with E-state index in [9.17, 15) is 18.3 Å². The summed E-state index contributed by atoms with van der Waals surface area (Å²) >= 11 is 0. The maximum Gasteiger partial charge on any atom is 0.232 e. The third-order valence-electron chi connectivity index (χ3n) is 7.09. The van der Waals surface area contributed by atoms with Crippen LogP contribution in [0.25, 0.3) is 0 Å². The molecule has 1 aromatic rings. The summed E-state index contributed by atoms with van der Waals surface area (Å²) in [4.78, 5) is 14.6. The lowest BCUT2D eigenvalue weighted by Crippen LogP contribution is -2.46. The van der Waals surface area contributed by atoms with Crippen LogP contribution in [0.2, 0.25) is 0 Å². The van der Waals surface area contributed by atoms with Gasteiger partial charge >= 0.3 is 0 Å². The Morgan fingerprint density at radius 1 is 1.19 bits per heavy atom. The van der Waals surface area contributed by atoms with E-state index in [4.69, 9.17) is 0 Å². The fourth-order valence-corrected chi connectivity index (χ4v) is 6.72. The lowest BCUT2D eigenvalue weighted by atomic mass is 10.00. The van der Waals surface area contributed by atoms with Crippen molar-refractivity contribution in [1.29, 1.82) is 0 Å². The maximum absolute atomic E-state index is 12.4. The number of sulfonamides is 1. The van der Waals surface area contributed by atoms with E-state index >= 15 is 0 Å². The summed E-state index contributed by atoms with van der Waals surface area (Å²) in [6.45, 7) is 4.17. The summed E-state index contributed by atoms with van der Waals surface area (Å²) in [5.74, 6) is 0.437. The van der Waals surface area contributed by atoms with Crippen LogP contribution in [-0.4, -0.2) is 62.3 Å². The summed E-state index contributed by atoms with van der Waals surface area (Å²) in [6, 6.07) is 5.76.